The molecule has 0 spiro atoms. The fourth-order valence-electron chi connectivity index (χ4n) is 0.885. The van der Waals surface area contributed by atoms with Crippen LogP contribution >= 0.6 is 12.6 Å². The topological polar surface area (TPSA) is 9.23 Å². The third-order valence-corrected chi connectivity index (χ3v) is 1.64. The minimum atomic E-state index is -4.57. The minimum Gasteiger partial charge on any atom is -0.284 e. The number of rotatable bonds is 1. The van der Waals surface area contributed by atoms with Crippen LogP contribution in [0, 0.1) is 0 Å². The summed E-state index contributed by atoms with van der Waals surface area (Å²) in [6.45, 7) is 0. The molecule has 0 aromatic heterocycles. The van der Waals surface area contributed by atoms with E-state index < -0.39 is 12.5 Å². The Hall–Kier alpha value is -0.420. The number of alkyl halides is 3. The minimum absolute atomic E-state index is 0.180. The van der Waals surface area contributed by atoms with Gasteiger partial charge in [-0.25, -0.2) is 0 Å². The first-order chi connectivity index (χ1) is 5.47. The molecule has 1 unspecified atom stereocenters. The van der Waals surface area contributed by atoms with Crippen molar-refractivity contribution in [1.29, 1.82) is 0 Å². The van der Waals surface area contributed by atoms with E-state index in [1.54, 1.807) is 6.08 Å². The first-order valence-corrected chi connectivity index (χ1v) is 3.73. The number of halogens is 3. The third-order valence-electron chi connectivity index (χ3n) is 1.31. The lowest BCUT2D eigenvalue weighted by Crippen LogP contribution is -2.23. The van der Waals surface area contributed by atoms with Crippen LogP contribution in [0.5, 0.6) is 0 Å². The molecule has 0 radical (unpaired) electrons. The predicted octanol–water partition coefficient (Wildman–Crippen LogP) is 2.67. The zero-order valence-electron chi connectivity index (χ0n) is 6.01. The molecule has 0 aliphatic heterocycles. The fraction of sp³-hybridized carbons (Fsp3) is 0.429. The van der Waals surface area contributed by atoms with Crippen molar-refractivity contribution in [3.63, 3.8) is 0 Å². The van der Waals surface area contributed by atoms with Crippen molar-refractivity contribution in [3.8, 4) is 0 Å². The zero-order valence-corrected chi connectivity index (χ0v) is 6.90. The monoisotopic (exact) mass is 196 g/mol. The fourth-order valence-corrected chi connectivity index (χ4v) is 1.15. The second-order valence-corrected chi connectivity index (χ2v) is 2.92. The van der Waals surface area contributed by atoms with Crippen LogP contribution in [0.1, 0.15) is 6.42 Å². The van der Waals surface area contributed by atoms with Crippen LogP contribution in [0.25, 0.3) is 0 Å². The van der Waals surface area contributed by atoms with Crippen LogP contribution < -0.4 is 0 Å². The highest BCUT2D eigenvalue weighted by Crippen LogP contribution is 2.25. The van der Waals surface area contributed by atoms with E-state index in [-0.39, 0.29) is 6.42 Å². The molecule has 1 aliphatic rings. The first-order valence-electron chi connectivity index (χ1n) is 3.28. The van der Waals surface area contributed by atoms with E-state index in [1.165, 1.54) is 12.2 Å². The Balaban J connectivity index is 2.47. The van der Waals surface area contributed by atoms with Crippen molar-refractivity contribution in [2.45, 2.75) is 18.9 Å². The first kappa shape index (κ1) is 9.67. The Kier molecular flexibility index (Phi) is 2.85. The summed E-state index contributed by atoms with van der Waals surface area (Å²) >= 11 is 3.93. The molecule has 1 rings (SSSR count). The molecule has 68 valence electrons. The van der Waals surface area contributed by atoms with Crippen molar-refractivity contribution >= 4 is 12.6 Å². The highest BCUT2D eigenvalue weighted by molar-refractivity contribution is 7.84. The van der Waals surface area contributed by atoms with E-state index in [9.17, 15) is 13.2 Å². The Morgan fingerprint density at radius 2 is 2.17 bits per heavy atom. The van der Waals surface area contributed by atoms with Crippen molar-refractivity contribution < 1.29 is 17.9 Å². The summed E-state index contributed by atoms with van der Waals surface area (Å²) in [5.41, 5.74) is 0. The van der Waals surface area contributed by atoms with Gasteiger partial charge in [-0.3, -0.25) is 4.74 Å². The summed E-state index contributed by atoms with van der Waals surface area (Å²) in [5.74, 6) is 0. The van der Waals surface area contributed by atoms with E-state index in [2.05, 4.69) is 17.4 Å². The second-order valence-electron chi connectivity index (χ2n) is 2.35. The molecule has 5 heteroatoms. The maximum atomic E-state index is 11.7. The van der Waals surface area contributed by atoms with Gasteiger partial charge in [0.05, 0.1) is 6.10 Å². The lowest BCUT2D eigenvalue weighted by atomic mass is 10.1. The highest BCUT2D eigenvalue weighted by Gasteiger charge is 2.33. The van der Waals surface area contributed by atoms with Gasteiger partial charge in [0.1, 0.15) is 0 Å². The molecule has 0 saturated heterocycles. The Morgan fingerprint density at radius 3 is 2.67 bits per heavy atom. The van der Waals surface area contributed by atoms with Gasteiger partial charge in [-0.05, 0) is 4.91 Å². The van der Waals surface area contributed by atoms with Crippen molar-refractivity contribution in [3.05, 3.63) is 23.1 Å². The van der Waals surface area contributed by atoms with Gasteiger partial charge in [0, 0.05) is 6.42 Å². The molecule has 0 aromatic carbocycles. The summed E-state index contributed by atoms with van der Waals surface area (Å²) in [7, 11) is 0. The lowest BCUT2D eigenvalue weighted by Gasteiger charge is -2.17. The molecule has 1 nitrogen and oxygen atoms in total. The summed E-state index contributed by atoms with van der Waals surface area (Å²) in [4.78, 5) is 0.590. The normalized spacial score (nSPS) is 24.0. The molecule has 0 N–H and O–H groups in total. The standard InChI is InChI=1S/C7H7F3OS/c8-7(9,10)11-5-2-1-3-6(12)4-5/h1-3,5,12H,4H2. The van der Waals surface area contributed by atoms with E-state index in [1.807, 2.05) is 0 Å². The molecule has 0 amide bonds. The highest BCUT2D eigenvalue weighted by atomic mass is 32.1. The number of hydrogen-bond donors (Lipinski definition) is 1. The Bertz CT molecular complexity index is 219. The quantitative estimate of drug-likeness (QED) is 0.634. The molecule has 1 atom stereocenters. The maximum Gasteiger partial charge on any atom is 0.523 e. The smallest absolute Gasteiger partial charge is 0.284 e. The van der Waals surface area contributed by atoms with Crippen LogP contribution in [-0.4, -0.2) is 12.5 Å². The van der Waals surface area contributed by atoms with Gasteiger partial charge in [0.15, 0.2) is 0 Å². The van der Waals surface area contributed by atoms with E-state index in [0.29, 0.717) is 4.91 Å². The summed E-state index contributed by atoms with van der Waals surface area (Å²) in [5, 5.41) is 0. The summed E-state index contributed by atoms with van der Waals surface area (Å²) in [6, 6.07) is 0. The average Bonchev–Trinajstić information content (AvgIpc) is 1.82. The number of allylic oxidation sites excluding steroid dienone is 2. The molecular formula is C7H7F3OS. The van der Waals surface area contributed by atoms with Crippen LogP contribution in [0.2, 0.25) is 0 Å². The number of hydrogen-bond acceptors (Lipinski definition) is 2. The molecule has 12 heavy (non-hydrogen) atoms. The van der Waals surface area contributed by atoms with Crippen molar-refractivity contribution in [1.82, 2.24) is 0 Å². The molecule has 0 fully saturated rings. The van der Waals surface area contributed by atoms with Gasteiger partial charge in [-0.15, -0.1) is 25.8 Å². The molecule has 1 aliphatic carbocycles. The molecular weight excluding hydrogens is 189 g/mol. The van der Waals surface area contributed by atoms with Crippen LogP contribution in [0.3, 0.4) is 0 Å². The molecule has 0 saturated carbocycles. The van der Waals surface area contributed by atoms with Gasteiger partial charge in [0.2, 0.25) is 0 Å². The molecule has 0 heterocycles. The van der Waals surface area contributed by atoms with Gasteiger partial charge in [-0.1, -0.05) is 18.2 Å². The van der Waals surface area contributed by atoms with E-state index >= 15 is 0 Å². The van der Waals surface area contributed by atoms with Crippen LogP contribution in [-0.2, 0) is 4.74 Å². The van der Waals surface area contributed by atoms with Crippen LogP contribution in [0.15, 0.2) is 23.1 Å². The van der Waals surface area contributed by atoms with Gasteiger partial charge in [-0.2, -0.15) is 0 Å². The Labute approximate surface area is 73.3 Å². The van der Waals surface area contributed by atoms with Gasteiger partial charge >= 0.3 is 6.36 Å². The van der Waals surface area contributed by atoms with E-state index in [4.69, 9.17) is 0 Å². The zero-order chi connectivity index (χ0) is 9.19. The molecule has 0 aromatic rings. The van der Waals surface area contributed by atoms with E-state index in [0.717, 1.165) is 0 Å². The molecule has 0 bridgehead atoms. The summed E-state index contributed by atoms with van der Waals surface area (Å²) < 4.78 is 38.8. The number of thiol groups is 1. The SMILES string of the molecule is FC(F)(F)OC1C=CC=C(S)C1. The maximum absolute atomic E-state index is 11.7. The predicted molar refractivity (Wildman–Crippen MR) is 41.8 cm³/mol. The van der Waals surface area contributed by atoms with Crippen molar-refractivity contribution in [2.75, 3.05) is 0 Å². The second kappa shape index (κ2) is 3.53. The van der Waals surface area contributed by atoms with Gasteiger partial charge < -0.3 is 0 Å². The number of ether oxygens (including phenoxy) is 1. The van der Waals surface area contributed by atoms with Crippen LogP contribution in [0.4, 0.5) is 13.2 Å². The lowest BCUT2D eigenvalue weighted by molar-refractivity contribution is -0.336. The third kappa shape index (κ3) is 3.32. The summed E-state index contributed by atoms with van der Waals surface area (Å²) in [6.07, 6.45) is -0.823. The average molecular weight is 196 g/mol. The largest absolute Gasteiger partial charge is 0.523 e. The Morgan fingerprint density at radius 1 is 1.50 bits per heavy atom. The van der Waals surface area contributed by atoms with Gasteiger partial charge in [0.25, 0.3) is 0 Å². The van der Waals surface area contributed by atoms with Crippen molar-refractivity contribution in [2.24, 2.45) is 0 Å².